The minimum atomic E-state index is -0.368. The van der Waals surface area contributed by atoms with E-state index in [9.17, 15) is 4.79 Å². The molecule has 1 unspecified atom stereocenters. The first-order valence-electron chi connectivity index (χ1n) is 3.88. The Hall–Kier alpha value is -0.870. The zero-order chi connectivity index (χ0) is 8.97. The van der Waals surface area contributed by atoms with Gasteiger partial charge >= 0.3 is 5.97 Å². The third-order valence-corrected chi connectivity index (χ3v) is 1.51. The third-order valence-electron chi connectivity index (χ3n) is 1.51. The fourth-order valence-electron chi connectivity index (χ4n) is 0.862. The Balaban J connectivity index is 2.16. The van der Waals surface area contributed by atoms with Gasteiger partial charge in [-0.25, -0.2) is 4.79 Å². The van der Waals surface area contributed by atoms with E-state index in [1.165, 1.54) is 0 Å². The van der Waals surface area contributed by atoms with Gasteiger partial charge in [0.15, 0.2) is 0 Å². The highest BCUT2D eigenvalue weighted by Gasteiger charge is 2.16. The molecular weight excluding hydrogens is 158 g/mol. The van der Waals surface area contributed by atoms with E-state index < -0.39 is 0 Å². The van der Waals surface area contributed by atoms with Crippen LogP contribution in [0.2, 0.25) is 0 Å². The highest BCUT2D eigenvalue weighted by molar-refractivity contribution is 5.86. The second-order valence-electron chi connectivity index (χ2n) is 2.69. The van der Waals surface area contributed by atoms with Gasteiger partial charge in [0.05, 0.1) is 6.61 Å². The van der Waals surface area contributed by atoms with Gasteiger partial charge in [0, 0.05) is 12.1 Å². The van der Waals surface area contributed by atoms with Crippen molar-refractivity contribution in [2.45, 2.75) is 13.2 Å². The van der Waals surface area contributed by atoms with Gasteiger partial charge in [0.2, 0.25) is 0 Å². The van der Waals surface area contributed by atoms with Crippen molar-refractivity contribution in [3.63, 3.8) is 0 Å². The summed E-state index contributed by atoms with van der Waals surface area (Å²) in [5.74, 6) is -0.368. The molecule has 1 atom stereocenters. The zero-order valence-electron chi connectivity index (χ0n) is 7.13. The number of nitrogens with one attached hydrogen (secondary N) is 1. The molecule has 4 heteroatoms. The molecule has 1 rings (SSSR count). The van der Waals surface area contributed by atoms with E-state index in [0.717, 1.165) is 6.54 Å². The molecule has 0 bridgehead atoms. The lowest BCUT2D eigenvalue weighted by Crippen LogP contribution is -2.29. The average Bonchev–Trinajstić information content (AvgIpc) is 2.51. The molecule has 1 aliphatic heterocycles. The summed E-state index contributed by atoms with van der Waals surface area (Å²) in [5.41, 5.74) is 0.410. The lowest BCUT2D eigenvalue weighted by atomic mass is 10.4. The van der Waals surface area contributed by atoms with Crippen molar-refractivity contribution in [2.75, 3.05) is 19.8 Å². The average molecular weight is 171 g/mol. The summed E-state index contributed by atoms with van der Waals surface area (Å²) in [6, 6.07) is 0. The van der Waals surface area contributed by atoms with Crippen molar-refractivity contribution < 1.29 is 14.3 Å². The van der Waals surface area contributed by atoms with Gasteiger partial charge in [0.25, 0.3) is 0 Å². The second-order valence-corrected chi connectivity index (χ2v) is 2.69. The number of hydrogen-bond acceptors (Lipinski definition) is 4. The smallest absolute Gasteiger partial charge is 0.333 e. The molecule has 0 aromatic heterocycles. The van der Waals surface area contributed by atoms with E-state index in [1.54, 1.807) is 6.92 Å². The maximum Gasteiger partial charge on any atom is 0.333 e. The first-order valence-corrected chi connectivity index (χ1v) is 3.88. The Kier molecular flexibility index (Phi) is 3.25. The predicted molar refractivity (Wildman–Crippen MR) is 43.5 cm³/mol. The van der Waals surface area contributed by atoms with Crippen LogP contribution in [0.3, 0.4) is 0 Å². The Morgan fingerprint density at radius 3 is 3.08 bits per heavy atom. The van der Waals surface area contributed by atoms with Crippen LogP contribution in [0, 0.1) is 0 Å². The predicted octanol–water partition coefficient (Wildman–Crippen LogP) is 0.0516. The fraction of sp³-hybridized carbons (Fsp3) is 0.625. The highest BCUT2D eigenvalue weighted by atomic mass is 16.6. The van der Waals surface area contributed by atoms with E-state index >= 15 is 0 Å². The summed E-state index contributed by atoms with van der Waals surface area (Å²) in [7, 11) is 0. The van der Waals surface area contributed by atoms with Gasteiger partial charge in [-0.05, 0) is 6.92 Å². The maximum absolute atomic E-state index is 10.9. The summed E-state index contributed by atoms with van der Waals surface area (Å²) < 4.78 is 10.0. The van der Waals surface area contributed by atoms with Gasteiger partial charge in [-0.15, -0.1) is 0 Å². The van der Waals surface area contributed by atoms with Crippen LogP contribution < -0.4 is 5.32 Å². The molecule has 1 aliphatic rings. The Morgan fingerprint density at radius 2 is 2.58 bits per heavy atom. The molecule has 0 aromatic rings. The van der Waals surface area contributed by atoms with E-state index in [4.69, 9.17) is 9.47 Å². The summed E-state index contributed by atoms with van der Waals surface area (Å²) in [5, 5.41) is 3.02. The normalized spacial score (nSPS) is 22.2. The van der Waals surface area contributed by atoms with Gasteiger partial charge in [0.1, 0.15) is 12.8 Å². The third kappa shape index (κ3) is 2.64. The number of ether oxygens (including phenoxy) is 2. The van der Waals surface area contributed by atoms with E-state index in [2.05, 4.69) is 11.9 Å². The van der Waals surface area contributed by atoms with Crippen LogP contribution in [0.5, 0.6) is 0 Å². The van der Waals surface area contributed by atoms with E-state index in [0.29, 0.717) is 12.2 Å². The summed E-state index contributed by atoms with van der Waals surface area (Å²) in [6.45, 7) is 6.83. The van der Waals surface area contributed by atoms with Gasteiger partial charge < -0.3 is 9.47 Å². The van der Waals surface area contributed by atoms with Crippen LogP contribution in [0.25, 0.3) is 0 Å². The quantitative estimate of drug-likeness (QED) is 0.481. The van der Waals surface area contributed by atoms with E-state index in [-0.39, 0.29) is 18.8 Å². The SMILES string of the molecule is C=C(C)C(=O)OCC1NCCO1. The fourth-order valence-corrected chi connectivity index (χ4v) is 0.862. The minimum Gasteiger partial charge on any atom is -0.458 e. The number of esters is 1. The molecule has 1 N–H and O–H groups in total. The van der Waals surface area contributed by atoms with Crippen LogP contribution in [0.1, 0.15) is 6.92 Å². The number of hydrogen-bond donors (Lipinski definition) is 1. The lowest BCUT2D eigenvalue weighted by Gasteiger charge is -2.09. The monoisotopic (exact) mass is 171 g/mol. The molecule has 68 valence electrons. The van der Waals surface area contributed by atoms with Crippen LogP contribution in [0.15, 0.2) is 12.2 Å². The molecule has 0 spiro atoms. The molecule has 0 aliphatic carbocycles. The Morgan fingerprint density at radius 1 is 1.83 bits per heavy atom. The molecule has 0 radical (unpaired) electrons. The second kappa shape index (κ2) is 4.23. The zero-order valence-corrected chi connectivity index (χ0v) is 7.13. The van der Waals surface area contributed by atoms with Gasteiger partial charge in [-0.3, -0.25) is 5.32 Å². The van der Waals surface area contributed by atoms with Crippen molar-refractivity contribution in [3.8, 4) is 0 Å². The van der Waals surface area contributed by atoms with Crippen LogP contribution in [0.4, 0.5) is 0 Å². The first kappa shape index (κ1) is 9.22. The summed E-state index contributed by atoms with van der Waals surface area (Å²) in [6.07, 6.45) is -0.145. The molecule has 0 aromatic carbocycles. The number of rotatable bonds is 3. The molecule has 1 saturated heterocycles. The van der Waals surface area contributed by atoms with Crippen LogP contribution in [-0.2, 0) is 14.3 Å². The Labute approximate surface area is 71.5 Å². The number of carbonyl (C=O) groups is 1. The molecule has 4 nitrogen and oxygen atoms in total. The van der Waals surface area contributed by atoms with Crippen molar-refractivity contribution in [2.24, 2.45) is 0 Å². The molecule has 0 saturated carbocycles. The van der Waals surface area contributed by atoms with Crippen molar-refractivity contribution >= 4 is 5.97 Å². The van der Waals surface area contributed by atoms with E-state index in [1.807, 2.05) is 0 Å². The molecule has 1 heterocycles. The van der Waals surface area contributed by atoms with Gasteiger partial charge in [-0.1, -0.05) is 6.58 Å². The molecule has 1 fully saturated rings. The lowest BCUT2D eigenvalue weighted by molar-refractivity contribution is -0.142. The largest absolute Gasteiger partial charge is 0.458 e. The van der Waals surface area contributed by atoms with Crippen molar-refractivity contribution in [1.29, 1.82) is 0 Å². The van der Waals surface area contributed by atoms with Gasteiger partial charge in [-0.2, -0.15) is 0 Å². The minimum absolute atomic E-state index is 0.145. The highest BCUT2D eigenvalue weighted by Crippen LogP contribution is 1.98. The molecular formula is C8H13NO3. The maximum atomic E-state index is 10.9. The van der Waals surface area contributed by atoms with Crippen molar-refractivity contribution in [3.05, 3.63) is 12.2 Å². The molecule has 0 amide bonds. The number of carbonyl (C=O) groups excluding carboxylic acids is 1. The topological polar surface area (TPSA) is 47.6 Å². The summed E-state index contributed by atoms with van der Waals surface area (Å²) >= 11 is 0. The van der Waals surface area contributed by atoms with Crippen molar-refractivity contribution in [1.82, 2.24) is 5.32 Å². The summed E-state index contributed by atoms with van der Waals surface area (Å²) in [4.78, 5) is 10.9. The first-order chi connectivity index (χ1) is 5.70. The van der Waals surface area contributed by atoms with Crippen LogP contribution in [-0.4, -0.2) is 32.0 Å². The Bertz CT molecular complexity index is 185. The van der Waals surface area contributed by atoms with Crippen LogP contribution >= 0.6 is 0 Å². The molecule has 12 heavy (non-hydrogen) atoms. The standard InChI is InChI=1S/C8H13NO3/c1-6(2)8(10)12-5-7-9-3-4-11-7/h7,9H,1,3-5H2,2H3.